The summed E-state index contributed by atoms with van der Waals surface area (Å²) in [4.78, 5) is 11.5. The summed E-state index contributed by atoms with van der Waals surface area (Å²) in [5, 5.41) is 8.85. The van der Waals surface area contributed by atoms with E-state index in [1.54, 1.807) is 0 Å². The molecule has 0 spiro atoms. The largest absolute Gasteiger partial charge is 0.299 e. The zero-order valence-corrected chi connectivity index (χ0v) is 8.21. The van der Waals surface area contributed by atoms with Crippen LogP contribution in [-0.2, 0) is 4.79 Å². The Morgan fingerprint density at radius 1 is 1.69 bits per heavy atom. The average molecular weight is 177 g/mol. The van der Waals surface area contributed by atoms with E-state index in [0.29, 0.717) is 6.42 Å². The Balaban J connectivity index is 2.76. The van der Waals surface area contributed by atoms with Gasteiger partial charge >= 0.3 is 0 Å². The van der Waals surface area contributed by atoms with Crippen molar-refractivity contribution < 1.29 is 4.79 Å². The fraction of sp³-hybridized carbons (Fsp3) is 0.636. The molecule has 0 aromatic rings. The molecule has 0 aromatic heterocycles. The smallest absolute Gasteiger partial charge is 0.137 e. The lowest BCUT2D eigenvalue weighted by molar-refractivity contribution is -0.126. The van der Waals surface area contributed by atoms with Crippen molar-refractivity contribution in [1.82, 2.24) is 0 Å². The zero-order valence-electron chi connectivity index (χ0n) is 8.21. The van der Waals surface area contributed by atoms with E-state index in [2.05, 4.69) is 12.6 Å². The van der Waals surface area contributed by atoms with Crippen molar-refractivity contribution in [3.05, 3.63) is 12.2 Å². The first-order valence-corrected chi connectivity index (χ1v) is 4.64. The second-order valence-corrected chi connectivity index (χ2v) is 3.97. The maximum absolute atomic E-state index is 11.5. The Kier molecular flexibility index (Phi) is 2.87. The monoisotopic (exact) mass is 177 g/mol. The molecular formula is C11H15NO. The molecule has 0 radical (unpaired) electrons. The molecule has 0 aliphatic heterocycles. The zero-order chi connectivity index (χ0) is 10.0. The van der Waals surface area contributed by atoms with Gasteiger partial charge in [0.2, 0.25) is 0 Å². The molecule has 3 atom stereocenters. The maximum Gasteiger partial charge on any atom is 0.137 e. The van der Waals surface area contributed by atoms with Crippen molar-refractivity contribution in [2.24, 2.45) is 17.8 Å². The number of nitriles is 1. The van der Waals surface area contributed by atoms with Gasteiger partial charge in [0.05, 0.1) is 12.0 Å². The summed E-state index contributed by atoms with van der Waals surface area (Å²) in [6.45, 7) is 7.63. The average Bonchev–Trinajstić information content (AvgIpc) is 2.09. The SMILES string of the molecule is C=C(C)C1CC(=O)C(C)C(C#N)C1. The van der Waals surface area contributed by atoms with E-state index >= 15 is 0 Å². The normalized spacial score (nSPS) is 33.9. The minimum atomic E-state index is -0.108. The summed E-state index contributed by atoms with van der Waals surface area (Å²) >= 11 is 0. The summed E-state index contributed by atoms with van der Waals surface area (Å²) in [7, 11) is 0. The molecule has 1 rings (SSSR count). The van der Waals surface area contributed by atoms with E-state index in [9.17, 15) is 4.79 Å². The third-order valence-electron chi connectivity index (χ3n) is 2.96. The van der Waals surface area contributed by atoms with Crippen LogP contribution < -0.4 is 0 Å². The van der Waals surface area contributed by atoms with E-state index in [1.807, 2.05) is 13.8 Å². The van der Waals surface area contributed by atoms with E-state index in [-0.39, 0.29) is 23.5 Å². The second-order valence-electron chi connectivity index (χ2n) is 3.97. The van der Waals surface area contributed by atoms with E-state index < -0.39 is 0 Å². The van der Waals surface area contributed by atoms with Crippen molar-refractivity contribution in [2.75, 3.05) is 0 Å². The Morgan fingerprint density at radius 3 is 2.77 bits per heavy atom. The molecule has 1 aliphatic rings. The summed E-state index contributed by atoms with van der Waals surface area (Å²) in [6, 6.07) is 2.21. The van der Waals surface area contributed by atoms with Crippen LogP contribution in [0.25, 0.3) is 0 Å². The van der Waals surface area contributed by atoms with Gasteiger partial charge in [0.25, 0.3) is 0 Å². The van der Waals surface area contributed by atoms with Crippen molar-refractivity contribution in [3.63, 3.8) is 0 Å². The van der Waals surface area contributed by atoms with Crippen molar-refractivity contribution in [1.29, 1.82) is 5.26 Å². The maximum atomic E-state index is 11.5. The molecule has 2 nitrogen and oxygen atoms in total. The number of nitrogens with zero attached hydrogens (tertiary/aromatic N) is 1. The Morgan fingerprint density at radius 2 is 2.31 bits per heavy atom. The van der Waals surface area contributed by atoms with Crippen LogP contribution in [0.2, 0.25) is 0 Å². The second kappa shape index (κ2) is 3.74. The number of ketones is 1. The van der Waals surface area contributed by atoms with Gasteiger partial charge in [-0.1, -0.05) is 19.1 Å². The molecule has 0 amide bonds. The van der Waals surface area contributed by atoms with Crippen molar-refractivity contribution >= 4 is 5.78 Å². The van der Waals surface area contributed by atoms with Gasteiger partial charge in [-0.2, -0.15) is 5.26 Å². The van der Waals surface area contributed by atoms with Crippen molar-refractivity contribution in [3.8, 4) is 6.07 Å². The van der Waals surface area contributed by atoms with Crippen LogP contribution in [0.1, 0.15) is 26.7 Å². The van der Waals surface area contributed by atoms with E-state index in [1.165, 1.54) is 0 Å². The first-order valence-electron chi connectivity index (χ1n) is 4.64. The quantitative estimate of drug-likeness (QED) is 0.577. The molecule has 0 N–H and O–H groups in total. The highest BCUT2D eigenvalue weighted by Crippen LogP contribution is 2.33. The molecule has 1 saturated carbocycles. The third-order valence-corrected chi connectivity index (χ3v) is 2.96. The number of allylic oxidation sites excluding steroid dienone is 1. The van der Waals surface area contributed by atoms with Crippen LogP contribution in [0.15, 0.2) is 12.2 Å². The van der Waals surface area contributed by atoms with Gasteiger partial charge in [0, 0.05) is 12.3 Å². The van der Waals surface area contributed by atoms with Crippen LogP contribution >= 0.6 is 0 Å². The number of hydrogen-bond acceptors (Lipinski definition) is 2. The first-order chi connectivity index (χ1) is 6.06. The fourth-order valence-electron chi connectivity index (χ4n) is 1.79. The molecule has 1 aliphatic carbocycles. The molecule has 3 unspecified atom stereocenters. The number of rotatable bonds is 1. The predicted octanol–water partition coefficient (Wildman–Crippen LogP) is 2.32. The molecule has 70 valence electrons. The lowest BCUT2D eigenvalue weighted by Gasteiger charge is -2.29. The van der Waals surface area contributed by atoms with E-state index in [4.69, 9.17) is 5.26 Å². The van der Waals surface area contributed by atoms with Crippen LogP contribution in [0, 0.1) is 29.1 Å². The summed E-state index contributed by atoms with van der Waals surface area (Å²) < 4.78 is 0. The number of carbonyl (C=O) groups excluding carboxylic acids is 1. The minimum Gasteiger partial charge on any atom is -0.299 e. The Labute approximate surface area is 79.2 Å². The van der Waals surface area contributed by atoms with Crippen molar-refractivity contribution in [2.45, 2.75) is 26.7 Å². The highest BCUT2D eigenvalue weighted by Gasteiger charge is 2.33. The molecular weight excluding hydrogens is 162 g/mol. The minimum absolute atomic E-state index is 0.0828. The summed E-state index contributed by atoms with van der Waals surface area (Å²) in [5.74, 6) is 0.252. The summed E-state index contributed by atoms with van der Waals surface area (Å²) in [6.07, 6.45) is 1.38. The van der Waals surface area contributed by atoms with Gasteiger partial charge in [0.1, 0.15) is 5.78 Å². The first kappa shape index (κ1) is 9.98. The number of carbonyl (C=O) groups is 1. The molecule has 0 heterocycles. The molecule has 0 bridgehead atoms. The molecule has 0 aromatic carbocycles. The van der Waals surface area contributed by atoms with Gasteiger partial charge in [0.15, 0.2) is 0 Å². The fourth-order valence-corrected chi connectivity index (χ4v) is 1.79. The Bertz CT molecular complexity index is 274. The van der Waals surface area contributed by atoms with Gasteiger partial charge < -0.3 is 0 Å². The lowest BCUT2D eigenvalue weighted by atomic mass is 9.73. The van der Waals surface area contributed by atoms with Crippen LogP contribution in [-0.4, -0.2) is 5.78 Å². The molecule has 13 heavy (non-hydrogen) atoms. The van der Waals surface area contributed by atoms with Gasteiger partial charge in [-0.05, 0) is 19.3 Å². The van der Waals surface area contributed by atoms with Crippen LogP contribution in [0.3, 0.4) is 0 Å². The summed E-state index contributed by atoms with van der Waals surface area (Å²) in [5.41, 5.74) is 1.03. The number of hydrogen-bond donors (Lipinski definition) is 0. The van der Waals surface area contributed by atoms with E-state index in [0.717, 1.165) is 12.0 Å². The topological polar surface area (TPSA) is 40.9 Å². The highest BCUT2D eigenvalue weighted by atomic mass is 16.1. The predicted molar refractivity (Wildman–Crippen MR) is 50.8 cm³/mol. The standard InChI is InChI=1S/C11H15NO/c1-7(2)9-4-10(6-12)8(3)11(13)5-9/h8-10H,1,4-5H2,2-3H3. The van der Waals surface area contributed by atoms with Gasteiger partial charge in [-0.25, -0.2) is 0 Å². The van der Waals surface area contributed by atoms with Gasteiger partial charge in [-0.3, -0.25) is 4.79 Å². The molecule has 2 heteroatoms. The van der Waals surface area contributed by atoms with Gasteiger partial charge in [-0.15, -0.1) is 0 Å². The number of Topliss-reactive ketones (excluding diaryl/α,β-unsaturated/α-hetero) is 1. The van der Waals surface area contributed by atoms with Crippen LogP contribution in [0.5, 0.6) is 0 Å². The molecule has 1 fully saturated rings. The molecule has 0 saturated heterocycles. The Hall–Kier alpha value is -1.10. The lowest BCUT2D eigenvalue weighted by Crippen LogP contribution is -2.30. The highest BCUT2D eigenvalue weighted by molar-refractivity contribution is 5.82. The van der Waals surface area contributed by atoms with Crippen LogP contribution in [0.4, 0.5) is 0 Å². The third kappa shape index (κ3) is 1.98.